The Labute approximate surface area is 108 Å². The molecule has 18 heavy (non-hydrogen) atoms. The predicted molar refractivity (Wildman–Crippen MR) is 69.8 cm³/mol. The highest BCUT2D eigenvalue weighted by molar-refractivity contribution is 5.16. The van der Waals surface area contributed by atoms with Gasteiger partial charge in [-0.2, -0.15) is 0 Å². The molecule has 0 saturated carbocycles. The minimum Gasteiger partial charge on any atom is -0.396 e. The van der Waals surface area contributed by atoms with E-state index >= 15 is 0 Å². The highest BCUT2D eigenvalue weighted by Gasteiger charge is 2.23. The number of nitrogens with zero attached hydrogens (tertiary/aromatic N) is 2. The van der Waals surface area contributed by atoms with Crippen LogP contribution in [0.15, 0.2) is 24.3 Å². The lowest BCUT2D eigenvalue weighted by Gasteiger charge is -2.39. The van der Waals surface area contributed by atoms with Crippen LogP contribution in [0.4, 0.5) is 4.39 Å². The first-order valence-electron chi connectivity index (χ1n) is 6.47. The fourth-order valence-electron chi connectivity index (χ4n) is 2.51. The van der Waals surface area contributed by atoms with E-state index in [1.807, 2.05) is 6.07 Å². The van der Waals surface area contributed by atoms with Crippen molar-refractivity contribution in [3.05, 3.63) is 35.6 Å². The second kappa shape index (κ2) is 6.27. The molecule has 0 aromatic heterocycles. The number of aliphatic hydroxyl groups excluding tert-OH is 1. The smallest absolute Gasteiger partial charge is 0.123 e. The molecule has 4 heteroatoms. The van der Waals surface area contributed by atoms with Crippen LogP contribution in [0, 0.1) is 5.82 Å². The van der Waals surface area contributed by atoms with Gasteiger partial charge in [0.15, 0.2) is 0 Å². The summed E-state index contributed by atoms with van der Waals surface area (Å²) in [6.45, 7) is 3.94. The lowest BCUT2D eigenvalue weighted by atomic mass is 10.1. The van der Waals surface area contributed by atoms with Crippen LogP contribution in [0.3, 0.4) is 0 Å². The number of hydrogen-bond acceptors (Lipinski definition) is 3. The molecule has 3 nitrogen and oxygen atoms in total. The molecule has 1 atom stereocenters. The fourth-order valence-corrected chi connectivity index (χ4v) is 2.51. The van der Waals surface area contributed by atoms with Crippen molar-refractivity contribution in [3.8, 4) is 0 Å². The van der Waals surface area contributed by atoms with Gasteiger partial charge in [-0.25, -0.2) is 4.39 Å². The molecule has 100 valence electrons. The molecule has 0 bridgehead atoms. The van der Waals surface area contributed by atoms with Crippen molar-refractivity contribution >= 4 is 0 Å². The van der Waals surface area contributed by atoms with E-state index in [2.05, 4.69) is 16.8 Å². The third kappa shape index (κ3) is 3.51. The Bertz CT molecular complexity index is 386. The first-order chi connectivity index (χ1) is 8.69. The molecule has 1 fully saturated rings. The molecule has 1 aliphatic heterocycles. The van der Waals surface area contributed by atoms with Crippen molar-refractivity contribution < 1.29 is 9.50 Å². The highest BCUT2D eigenvalue weighted by atomic mass is 19.1. The molecule has 1 N–H and O–H groups in total. The minimum absolute atomic E-state index is 0.173. The molecule has 1 aromatic carbocycles. The predicted octanol–water partition coefficient (Wildman–Crippen LogP) is 1.32. The Hall–Kier alpha value is -0.970. The summed E-state index contributed by atoms with van der Waals surface area (Å²) in [6.07, 6.45) is 0.802. The second-order valence-corrected chi connectivity index (χ2v) is 5.01. The molecule has 1 aliphatic rings. The van der Waals surface area contributed by atoms with Crippen molar-refractivity contribution in [1.29, 1.82) is 0 Å². The lowest BCUT2D eigenvalue weighted by molar-refractivity contribution is 0.0742. The van der Waals surface area contributed by atoms with E-state index in [1.165, 1.54) is 6.07 Å². The maximum Gasteiger partial charge on any atom is 0.123 e. The molecule has 2 rings (SSSR count). The first-order valence-corrected chi connectivity index (χ1v) is 6.47. The van der Waals surface area contributed by atoms with Crippen LogP contribution >= 0.6 is 0 Å². The van der Waals surface area contributed by atoms with Crippen molar-refractivity contribution in [3.63, 3.8) is 0 Å². The molecule has 1 saturated heterocycles. The molecule has 0 spiro atoms. The van der Waals surface area contributed by atoms with Gasteiger partial charge in [0.25, 0.3) is 0 Å². The molecular formula is C14H21FN2O. The van der Waals surface area contributed by atoms with Gasteiger partial charge in [0.2, 0.25) is 0 Å². The van der Waals surface area contributed by atoms with Crippen molar-refractivity contribution in [2.24, 2.45) is 0 Å². The van der Waals surface area contributed by atoms with Crippen molar-refractivity contribution in [1.82, 2.24) is 9.80 Å². The number of likely N-dealkylation sites (N-methyl/N-ethyl adjacent to an activating group) is 1. The summed E-state index contributed by atoms with van der Waals surface area (Å²) in [5, 5.41) is 9.05. The quantitative estimate of drug-likeness (QED) is 0.875. The average molecular weight is 252 g/mol. The Morgan fingerprint density at radius 3 is 2.94 bits per heavy atom. The molecule has 1 aromatic rings. The number of aliphatic hydroxyl groups is 1. The van der Waals surface area contributed by atoms with Crippen molar-refractivity contribution in [2.75, 3.05) is 33.3 Å². The minimum atomic E-state index is -0.173. The van der Waals surface area contributed by atoms with Gasteiger partial charge in [0, 0.05) is 38.8 Å². The number of rotatable bonds is 4. The zero-order chi connectivity index (χ0) is 13.0. The van der Waals surface area contributed by atoms with E-state index in [1.54, 1.807) is 12.1 Å². The van der Waals surface area contributed by atoms with Gasteiger partial charge >= 0.3 is 0 Å². The van der Waals surface area contributed by atoms with Gasteiger partial charge in [0.05, 0.1) is 0 Å². The van der Waals surface area contributed by atoms with Gasteiger partial charge in [-0.3, -0.25) is 4.90 Å². The molecule has 0 amide bonds. The maximum absolute atomic E-state index is 13.1. The SMILES string of the molecule is CN1CCN(Cc2cccc(F)c2)C[C@@H]1CCO. The van der Waals surface area contributed by atoms with E-state index in [4.69, 9.17) is 5.11 Å². The number of piperazine rings is 1. The summed E-state index contributed by atoms with van der Waals surface area (Å²) in [6, 6.07) is 7.19. The number of benzene rings is 1. The summed E-state index contributed by atoms with van der Waals surface area (Å²) < 4.78 is 13.1. The zero-order valence-electron chi connectivity index (χ0n) is 10.8. The summed E-state index contributed by atoms with van der Waals surface area (Å²) in [4.78, 5) is 4.62. The largest absolute Gasteiger partial charge is 0.396 e. The lowest BCUT2D eigenvalue weighted by Crippen LogP contribution is -2.51. The van der Waals surface area contributed by atoms with Crippen LogP contribution in [0.5, 0.6) is 0 Å². The topological polar surface area (TPSA) is 26.7 Å². The highest BCUT2D eigenvalue weighted by Crippen LogP contribution is 2.14. The van der Waals surface area contributed by atoms with Crippen LogP contribution in [0.2, 0.25) is 0 Å². The molecular weight excluding hydrogens is 231 g/mol. The molecule has 1 heterocycles. The Balaban J connectivity index is 1.94. The van der Waals surface area contributed by atoms with Crippen molar-refractivity contribution in [2.45, 2.75) is 19.0 Å². The van der Waals surface area contributed by atoms with Crippen LogP contribution < -0.4 is 0 Å². The maximum atomic E-state index is 13.1. The van der Waals surface area contributed by atoms with Gasteiger partial charge < -0.3 is 10.0 Å². The van der Waals surface area contributed by atoms with E-state index in [0.717, 1.165) is 38.2 Å². The summed E-state index contributed by atoms with van der Waals surface area (Å²) in [5.74, 6) is -0.173. The third-order valence-corrected chi connectivity index (χ3v) is 3.62. The fraction of sp³-hybridized carbons (Fsp3) is 0.571. The van der Waals surface area contributed by atoms with E-state index in [-0.39, 0.29) is 12.4 Å². The van der Waals surface area contributed by atoms with Gasteiger partial charge in [0.1, 0.15) is 5.82 Å². The Kier molecular flexibility index (Phi) is 4.69. The zero-order valence-corrected chi connectivity index (χ0v) is 10.8. The molecule has 0 radical (unpaired) electrons. The van der Waals surface area contributed by atoms with Crippen LogP contribution in [-0.4, -0.2) is 54.2 Å². The normalized spacial score (nSPS) is 22.3. The van der Waals surface area contributed by atoms with Gasteiger partial charge in [-0.1, -0.05) is 12.1 Å². The number of halogens is 1. The average Bonchev–Trinajstić information content (AvgIpc) is 2.34. The summed E-state index contributed by atoms with van der Waals surface area (Å²) in [7, 11) is 2.10. The van der Waals surface area contributed by atoms with Gasteiger partial charge in [-0.05, 0) is 31.2 Å². The second-order valence-electron chi connectivity index (χ2n) is 5.01. The molecule has 0 unspecified atom stereocenters. The number of hydrogen-bond donors (Lipinski definition) is 1. The molecule has 0 aliphatic carbocycles. The summed E-state index contributed by atoms with van der Waals surface area (Å²) in [5.41, 5.74) is 1.02. The third-order valence-electron chi connectivity index (χ3n) is 3.62. The van der Waals surface area contributed by atoms with E-state index < -0.39 is 0 Å². The standard InChI is InChI=1S/C14H21FN2O/c1-16-6-7-17(11-14(16)5-8-18)10-12-3-2-4-13(15)9-12/h2-4,9,14,18H,5-8,10-11H2,1H3/t14-/m0/s1. The van der Waals surface area contributed by atoms with E-state index in [9.17, 15) is 4.39 Å². The van der Waals surface area contributed by atoms with Gasteiger partial charge in [-0.15, -0.1) is 0 Å². The Morgan fingerprint density at radius 1 is 1.39 bits per heavy atom. The van der Waals surface area contributed by atoms with E-state index in [0.29, 0.717) is 6.04 Å². The first kappa shape index (κ1) is 13.5. The Morgan fingerprint density at radius 2 is 2.22 bits per heavy atom. The summed E-state index contributed by atoms with van der Waals surface area (Å²) >= 11 is 0. The van der Waals surface area contributed by atoms with Crippen LogP contribution in [-0.2, 0) is 6.54 Å². The van der Waals surface area contributed by atoms with Crippen LogP contribution in [0.25, 0.3) is 0 Å². The monoisotopic (exact) mass is 252 g/mol. The van der Waals surface area contributed by atoms with Crippen LogP contribution in [0.1, 0.15) is 12.0 Å².